The van der Waals surface area contributed by atoms with Gasteiger partial charge >= 0.3 is 85.2 Å². The number of nitrogens with zero attached hydrogens (tertiary/aromatic N) is 1. The molecular formula is C9H7BiN2. The summed E-state index contributed by atoms with van der Waals surface area (Å²) in [5.74, 6) is 0. The van der Waals surface area contributed by atoms with E-state index in [2.05, 4.69) is 23.2 Å². The zero-order valence-electron chi connectivity index (χ0n) is 6.33. The summed E-state index contributed by atoms with van der Waals surface area (Å²) in [7, 11) is 0. The maximum atomic E-state index is 8.76. The second kappa shape index (κ2) is 2.88. The van der Waals surface area contributed by atoms with Crippen LogP contribution in [0.4, 0.5) is 0 Å². The van der Waals surface area contributed by atoms with Crippen LogP contribution in [0.3, 0.4) is 0 Å². The Kier molecular flexibility index (Phi) is 1.86. The number of aromatic amines is 1. The number of nitrogens with one attached hydrogen (secondary N) is 1. The van der Waals surface area contributed by atoms with Crippen molar-refractivity contribution in [2.75, 3.05) is 0 Å². The van der Waals surface area contributed by atoms with Crippen molar-refractivity contribution < 1.29 is 0 Å². The van der Waals surface area contributed by atoms with Gasteiger partial charge in [-0.15, -0.1) is 0 Å². The standard InChI is InChI=1S/C9H5N2.Bi.2H/c10-5-7-6-11-9-4-2-1-3-8(7)9;;;/h2-4,6,11H;;;. The molecule has 0 spiro atoms. The molecule has 58 valence electrons. The molecule has 12 heavy (non-hydrogen) atoms. The van der Waals surface area contributed by atoms with Crippen LogP contribution in [0.2, 0.25) is 0 Å². The molecular weight excluding hydrogens is 345 g/mol. The minimum atomic E-state index is 0.743. The Labute approximate surface area is 85.0 Å². The number of rotatable bonds is 0. The normalized spacial score (nSPS) is 10.0. The van der Waals surface area contributed by atoms with Gasteiger partial charge in [0.05, 0.1) is 0 Å². The van der Waals surface area contributed by atoms with Crippen molar-refractivity contribution in [2.45, 2.75) is 0 Å². The Morgan fingerprint density at radius 3 is 3.00 bits per heavy atom. The zero-order chi connectivity index (χ0) is 8.55. The number of hydrogen-bond acceptors (Lipinski definition) is 1. The van der Waals surface area contributed by atoms with Crippen LogP contribution < -0.4 is 3.27 Å². The molecule has 0 saturated carbocycles. The van der Waals surface area contributed by atoms with Gasteiger partial charge in [-0.3, -0.25) is 0 Å². The molecule has 0 bridgehead atoms. The summed E-state index contributed by atoms with van der Waals surface area (Å²) >= 11 is 0.834. The molecule has 0 unspecified atom stereocenters. The molecule has 0 fully saturated rings. The number of nitriles is 1. The molecule has 0 aliphatic rings. The van der Waals surface area contributed by atoms with E-state index >= 15 is 0 Å². The first-order valence-corrected chi connectivity index (χ1v) is 5.82. The van der Waals surface area contributed by atoms with E-state index in [1.54, 1.807) is 6.20 Å². The second-order valence-electron chi connectivity index (χ2n) is 2.62. The molecule has 0 amide bonds. The van der Waals surface area contributed by atoms with E-state index in [1.165, 1.54) is 3.27 Å². The van der Waals surface area contributed by atoms with E-state index in [1.807, 2.05) is 6.07 Å². The first-order valence-electron chi connectivity index (χ1n) is 3.58. The summed E-state index contributed by atoms with van der Waals surface area (Å²) in [5, 5.41) is 9.81. The van der Waals surface area contributed by atoms with Gasteiger partial charge in [0.1, 0.15) is 0 Å². The average Bonchev–Trinajstić information content (AvgIpc) is 2.46. The van der Waals surface area contributed by atoms with E-state index in [0.29, 0.717) is 0 Å². The number of benzene rings is 1. The van der Waals surface area contributed by atoms with Gasteiger partial charge in [-0.25, -0.2) is 0 Å². The van der Waals surface area contributed by atoms with Gasteiger partial charge in [0.15, 0.2) is 0 Å². The number of hydrogen-bond donors (Lipinski definition) is 1. The van der Waals surface area contributed by atoms with Gasteiger partial charge in [-0.2, -0.15) is 0 Å². The monoisotopic (exact) mass is 352 g/mol. The molecule has 0 aliphatic carbocycles. The van der Waals surface area contributed by atoms with Crippen LogP contribution in [0.25, 0.3) is 10.9 Å². The van der Waals surface area contributed by atoms with E-state index in [-0.39, 0.29) is 0 Å². The van der Waals surface area contributed by atoms with Crippen molar-refractivity contribution in [2.24, 2.45) is 0 Å². The van der Waals surface area contributed by atoms with Gasteiger partial charge in [-0.05, 0) is 0 Å². The van der Waals surface area contributed by atoms with Crippen LogP contribution in [-0.4, -0.2) is 29.7 Å². The van der Waals surface area contributed by atoms with Crippen LogP contribution >= 0.6 is 0 Å². The summed E-state index contributed by atoms with van der Waals surface area (Å²) in [6.07, 6.45) is 1.76. The Morgan fingerprint density at radius 2 is 2.25 bits per heavy atom. The first-order chi connectivity index (χ1) is 5.81. The summed E-state index contributed by atoms with van der Waals surface area (Å²) in [4.78, 5) is 3.06. The van der Waals surface area contributed by atoms with Gasteiger partial charge in [0, 0.05) is 0 Å². The van der Waals surface area contributed by atoms with Crippen LogP contribution in [0.5, 0.6) is 0 Å². The van der Waals surface area contributed by atoms with E-state index in [9.17, 15) is 0 Å². The van der Waals surface area contributed by atoms with Crippen LogP contribution in [0.1, 0.15) is 5.56 Å². The fourth-order valence-electron chi connectivity index (χ4n) is 1.23. The fourth-order valence-corrected chi connectivity index (χ4v) is 2.25. The summed E-state index contributed by atoms with van der Waals surface area (Å²) < 4.78 is 1.35. The van der Waals surface area contributed by atoms with Crippen molar-refractivity contribution in [3.63, 3.8) is 0 Å². The van der Waals surface area contributed by atoms with Crippen molar-refractivity contribution >= 4 is 38.9 Å². The van der Waals surface area contributed by atoms with Gasteiger partial charge in [0.25, 0.3) is 0 Å². The third kappa shape index (κ3) is 1.13. The van der Waals surface area contributed by atoms with Crippen molar-refractivity contribution in [1.82, 2.24) is 4.98 Å². The molecule has 2 aromatic rings. The van der Waals surface area contributed by atoms with Crippen molar-refractivity contribution in [1.29, 1.82) is 5.26 Å². The molecule has 2 rings (SSSR count). The van der Waals surface area contributed by atoms with Crippen LogP contribution in [0.15, 0.2) is 24.4 Å². The number of aromatic nitrogens is 1. The zero-order valence-corrected chi connectivity index (χ0v) is 10.8. The molecule has 1 aromatic carbocycles. The van der Waals surface area contributed by atoms with Gasteiger partial charge in [0.2, 0.25) is 0 Å². The molecule has 3 heteroatoms. The second-order valence-corrected chi connectivity index (χ2v) is 5.21. The van der Waals surface area contributed by atoms with E-state index < -0.39 is 0 Å². The topological polar surface area (TPSA) is 39.6 Å². The number of H-pyrrole nitrogens is 1. The van der Waals surface area contributed by atoms with Crippen LogP contribution in [0, 0.1) is 11.3 Å². The van der Waals surface area contributed by atoms with Crippen LogP contribution in [-0.2, 0) is 0 Å². The average molecular weight is 352 g/mol. The van der Waals surface area contributed by atoms with Gasteiger partial charge < -0.3 is 0 Å². The summed E-state index contributed by atoms with van der Waals surface area (Å²) in [6, 6.07) is 8.39. The third-order valence-corrected chi connectivity index (χ3v) is 3.22. The number of fused-ring (bicyclic) bond motifs is 1. The Morgan fingerprint density at radius 1 is 1.42 bits per heavy atom. The first kappa shape index (κ1) is 7.77. The predicted molar refractivity (Wildman–Crippen MR) is 51.2 cm³/mol. The molecule has 1 aromatic heterocycles. The van der Waals surface area contributed by atoms with Gasteiger partial charge in [-0.1, -0.05) is 0 Å². The molecule has 2 nitrogen and oxygen atoms in total. The Hall–Kier alpha value is -0.867. The quantitative estimate of drug-likeness (QED) is 0.681. The summed E-state index contributed by atoms with van der Waals surface area (Å²) in [6.45, 7) is 0. The van der Waals surface area contributed by atoms with Crippen molar-refractivity contribution in [3.8, 4) is 6.07 Å². The molecule has 0 aliphatic heterocycles. The molecule has 1 heterocycles. The fraction of sp³-hybridized carbons (Fsp3) is 0. The Balaban J connectivity index is 2.86. The minimum absolute atomic E-state index is 0.743. The molecule has 0 saturated heterocycles. The maximum absolute atomic E-state index is 8.76. The SMILES string of the molecule is N#Cc1c[nH]c2cc[c]([BiH2])cc12. The molecule has 0 radical (unpaired) electrons. The predicted octanol–water partition coefficient (Wildman–Crippen LogP) is 0.298. The van der Waals surface area contributed by atoms with E-state index in [0.717, 1.165) is 41.2 Å². The van der Waals surface area contributed by atoms with Crippen molar-refractivity contribution in [3.05, 3.63) is 30.0 Å². The summed E-state index contributed by atoms with van der Waals surface area (Å²) in [5.41, 5.74) is 1.79. The Bertz CT molecular complexity index is 465. The molecule has 1 N–H and O–H groups in total. The van der Waals surface area contributed by atoms with E-state index in [4.69, 9.17) is 5.26 Å². The third-order valence-electron chi connectivity index (χ3n) is 1.83. The molecule has 0 atom stereocenters.